The molecule has 1 aromatic carbocycles. The summed E-state index contributed by atoms with van der Waals surface area (Å²) >= 11 is 0. The molecule has 0 bridgehead atoms. The molecular formula is C11H14N2O4. The van der Waals surface area contributed by atoms with E-state index >= 15 is 0 Å². The Hall–Kier alpha value is -2.11. The molecule has 1 amide bonds. The second-order valence-corrected chi connectivity index (χ2v) is 3.55. The maximum atomic E-state index is 11.0. The van der Waals surface area contributed by atoms with Crippen molar-refractivity contribution in [3.8, 4) is 5.75 Å². The minimum absolute atomic E-state index is 0.306. The summed E-state index contributed by atoms with van der Waals surface area (Å²) in [7, 11) is 1.51. The summed E-state index contributed by atoms with van der Waals surface area (Å²) in [6, 6.07) is 6.21. The average molecular weight is 238 g/mol. The Labute approximate surface area is 98.7 Å². The number of carbonyl (C=O) groups excluding carboxylic acids is 1. The van der Waals surface area contributed by atoms with Gasteiger partial charge in [0.05, 0.1) is 7.11 Å². The molecule has 0 saturated carbocycles. The normalized spacial score (nSPS) is 11.6. The molecule has 1 rings (SSSR count). The third kappa shape index (κ3) is 4.10. The molecule has 0 fully saturated rings. The van der Waals surface area contributed by atoms with Crippen molar-refractivity contribution >= 4 is 5.91 Å². The Kier molecular flexibility index (Phi) is 4.45. The van der Waals surface area contributed by atoms with Crippen LogP contribution in [0.1, 0.15) is 18.5 Å². The number of benzene rings is 1. The van der Waals surface area contributed by atoms with Crippen LogP contribution in [0.5, 0.6) is 5.75 Å². The van der Waals surface area contributed by atoms with Gasteiger partial charge in [-0.1, -0.05) is 12.1 Å². The summed E-state index contributed by atoms with van der Waals surface area (Å²) in [6.45, 7) is 0.972. The molecule has 0 saturated heterocycles. The van der Waals surface area contributed by atoms with Crippen LogP contribution in [0.25, 0.3) is 0 Å². The van der Waals surface area contributed by atoms with Crippen molar-refractivity contribution in [2.75, 3.05) is 13.7 Å². The van der Waals surface area contributed by atoms with Crippen LogP contribution in [0, 0.1) is 10.1 Å². The van der Waals surface area contributed by atoms with Crippen LogP contribution in [0.15, 0.2) is 24.3 Å². The van der Waals surface area contributed by atoms with Crippen LogP contribution in [0.3, 0.4) is 0 Å². The monoisotopic (exact) mass is 238 g/mol. The van der Waals surface area contributed by atoms with Gasteiger partial charge in [0.2, 0.25) is 12.5 Å². The lowest BCUT2D eigenvalue weighted by atomic mass is 10.1. The number of hydrogen-bond acceptors (Lipinski definition) is 4. The highest BCUT2D eigenvalue weighted by Gasteiger charge is 2.18. The zero-order valence-electron chi connectivity index (χ0n) is 9.67. The molecule has 1 N–H and O–H groups in total. The number of carbonyl (C=O) groups is 1. The smallest absolute Gasteiger partial charge is 0.227 e. The van der Waals surface area contributed by atoms with Crippen LogP contribution >= 0.6 is 0 Å². The molecule has 0 radical (unpaired) electrons. The van der Waals surface area contributed by atoms with Crippen molar-refractivity contribution in [1.82, 2.24) is 5.32 Å². The SMILES string of the molecule is COc1cccc([C@@H](C[N+](=O)[O-])NC(C)=O)c1. The van der Waals surface area contributed by atoms with Gasteiger partial charge >= 0.3 is 0 Å². The highest BCUT2D eigenvalue weighted by atomic mass is 16.6. The first kappa shape index (κ1) is 13.0. The fraction of sp³-hybridized carbons (Fsp3) is 0.364. The molecule has 0 aromatic heterocycles. The maximum absolute atomic E-state index is 11.0. The number of hydrogen-bond donors (Lipinski definition) is 1. The molecular weight excluding hydrogens is 224 g/mol. The van der Waals surface area contributed by atoms with Gasteiger partial charge < -0.3 is 10.1 Å². The Morgan fingerprint density at radius 3 is 2.82 bits per heavy atom. The highest BCUT2D eigenvalue weighted by molar-refractivity contribution is 5.73. The van der Waals surface area contributed by atoms with Gasteiger partial charge in [0, 0.05) is 11.8 Å². The highest BCUT2D eigenvalue weighted by Crippen LogP contribution is 2.19. The van der Waals surface area contributed by atoms with Gasteiger partial charge in [-0.15, -0.1) is 0 Å². The molecule has 17 heavy (non-hydrogen) atoms. The first-order valence-corrected chi connectivity index (χ1v) is 5.05. The number of nitrogens with one attached hydrogen (secondary N) is 1. The van der Waals surface area contributed by atoms with Crippen molar-refractivity contribution < 1.29 is 14.5 Å². The number of ether oxygens (including phenoxy) is 1. The number of rotatable bonds is 5. The molecule has 0 aliphatic heterocycles. The lowest BCUT2D eigenvalue weighted by Crippen LogP contribution is -2.31. The Bertz CT molecular complexity index is 404. The fourth-order valence-electron chi connectivity index (χ4n) is 1.49. The molecule has 0 unspecified atom stereocenters. The fourth-order valence-corrected chi connectivity index (χ4v) is 1.49. The van der Waals surface area contributed by atoms with Gasteiger partial charge in [-0.2, -0.15) is 0 Å². The standard InChI is InChI=1S/C11H14N2O4/c1-8(14)12-11(7-13(15)16)9-4-3-5-10(6-9)17-2/h3-6,11H,7H2,1-2H3,(H,12,14)/t11-/m1/s1. The van der Waals surface area contributed by atoms with Gasteiger partial charge in [0.1, 0.15) is 11.8 Å². The van der Waals surface area contributed by atoms with Crippen molar-refractivity contribution in [3.63, 3.8) is 0 Å². The molecule has 0 heterocycles. The lowest BCUT2D eigenvalue weighted by Gasteiger charge is -2.14. The molecule has 6 heteroatoms. The van der Waals surface area contributed by atoms with Gasteiger partial charge in [-0.3, -0.25) is 14.9 Å². The van der Waals surface area contributed by atoms with E-state index in [0.717, 1.165) is 0 Å². The summed E-state index contributed by atoms with van der Waals surface area (Å²) in [5.41, 5.74) is 0.649. The van der Waals surface area contributed by atoms with Crippen molar-refractivity contribution in [2.45, 2.75) is 13.0 Å². The Morgan fingerprint density at radius 1 is 1.59 bits per heavy atom. The second-order valence-electron chi connectivity index (χ2n) is 3.55. The topological polar surface area (TPSA) is 81.5 Å². The predicted octanol–water partition coefficient (Wildman–Crippen LogP) is 1.15. The van der Waals surface area contributed by atoms with E-state index in [1.807, 2.05) is 0 Å². The van der Waals surface area contributed by atoms with E-state index in [-0.39, 0.29) is 12.5 Å². The molecule has 1 atom stereocenters. The minimum Gasteiger partial charge on any atom is -0.497 e. The van der Waals surface area contributed by atoms with E-state index in [0.29, 0.717) is 11.3 Å². The molecule has 1 aromatic rings. The van der Waals surface area contributed by atoms with E-state index in [1.54, 1.807) is 24.3 Å². The third-order valence-electron chi connectivity index (χ3n) is 2.21. The summed E-state index contributed by atoms with van der Waals surface area (Å²) in [5.74, 6) is 0.292. The van der Waals surface area contributed by atoms with E-state index in [4.69, 9.17) is 4.74 Å². The van der Waals surface area contributed by atoms with E-state index in [2.05, 4.69) is 5.32 Å². The molecule has 0 spiro atoms. The Balaban J connectivity index is 2.94. The van der Waals surface area contributed by atoms with Gasteiger partial charge in [-0.25, -0.2) is 0 Å². The van der Waals surface area contributed by atoms with Gasteiger partial charge in [-0.05, 0) is 17.7 Å². The summed E-state index contributed by atoms with van der Waals surface area (Å²) in [6.07, 6.45) is 0. The maximum Gasteiger partial charge on any atom is 0.227 e. The Morgan fingerprint density at radius 2 is 2.29 bits per heavy atom. The van der Waals surface area contributed by atoms with Gasteiger partial charge in [0.15, 0.2) is 0 Å². The number of amides is 1. The zero-order valence-corrected chi connectivity index (χ0v) is 9.67. The molecule has 6 nitrogen and oxygen atoms in total. The first-order chi connectivity index (χ1) is 8.02. The minimum atomic E-state index is -0.641. The van der Waals surface area contributed by atoms with Crippen molar-refractivity contribution in [2.24, 2.45) is 0 Å². The van der Waals surface area contributed by atoms with Crippen LogP contribution in [0.4, 0.5) is 0 Å². The van der Waals surface area contributed by atoms with Crippen LogP contribution in [0.2, 0.25) is 0 Å². The first-order valence-electron chi connectivity index (χ1n) is 5.05. The largest absolute Gasteiger partial charge is 0.497 e. The number of nitrogens with zero attached hydrogens (tertiary/aromatic N) is 1. The van der Waals surface area contributed by atoms with Crippen LogP contribution in [-0.2, 0) is 4.79 Å². The molecule has 92 valence electrons. The second kappa shape index (κ2) is 5.83. The summed E-state index contributed by atoms with van der Waals surface area (Å²) in [5, 5.41) is 13.1. The van der Waals surface area contributed by atoms with E-state index < -0.39 is 11.0 Å². The zero-order chi connectivity index (χ0) is 12.8. The van der Waals surface area contributed by atoms with Crippen molar-refractivity contribution in [1.29, 1.82) is 0 Å². The third-order valence-corrected chi connectivity index (χ3v) is 2.21. The summed E-state index contributed by atoms with van der Waals surface area (Å²) in [4.78, 5) is 21.1. The van der Waals surface area contributed by atoms with E-state index in [9.17, 15) is 14.9 Å². The van der Waals surface area contributed by atoms with Gasteiger partial charge in [0.25, 0.3) is 0 Å². The lowest BCUT2D eigenvalue weighted by molar-refractivity contribution is -0.484. The molecule has 0 aliphatic rings. The average Bonchev–Trinajstić information content (AvgIpc) is 2.27. The van der Waals surface area contributed by atoms with E-state index in [1.165, 1.54) is 14.0 Å². The molecule has 0 aliphatic carbocycles. The predicted molar refractivity (Wildman–Crippen MR) is 61.4 cm³/mol. The quantitative estimate of drug-likeness (QED) is 0.616. The number of methoxy groups -OCH3 is 1. The van der Waals surface area contributed by atoms with Crippen LogP contribution in [-0.4, -0.2) is 24.5 Å². The van der Waals surface area contributed by atoms with Crippen LogP contribution < -0.4 is 10.1 Å². The number of nitro groups is 1. The van der Waals surface area contributed by atoms with Crippen molar-refractivity contribution in [3.05, 3.63) is 39.9 Å². The summed E-state index contributed by atoms with van der Waals surface area (Å²) < 4.78 is 5.03.